The number of nitrogens with one attached hydrogen (secondary N) is 1. The molecule has 1 aliphatic rings. The number of carboxylic acid groups (broad SMARTS) is 1. The van der Waals surface area contributed by atoms with E-state index in [1.807, 2.05) is 0 Å². The van der Waals surface area contributed by atoms with Gasteiger partial charge in [0, 0.05) is 18.6 Å². The first-order valence-electron chi connectivity index (χ1n) is 6.29. The number of carboxylic acids is 1. The molecule has 1 saturated heterocycles. The lowest BCUT2D eigenvalue weighted by Gasteiger charge is -2.32. The van der Waals surface area contributed by atoms with Gasteiger partial charge in [-0.25, -0.2) is 9.78 Å². The molecule has 8 heteroatoms. The van der Waals surface area contributed by atoms with E-state index in [2.05, 4.69) is 10.3 Å². The molecule has 0 saturated carbocycles. The van der Waals surface area contributed by atoms with Gasteiger partial charge in [-0.05, 0) is 19.8 Å². The maximum atomic E-state index is 12.2. The molecule has 4 N–H and O–H groups in total. The molecule has 0 radical (unpaired) electrons. The number of nitrogens with zero attached hydrogens (tertiary/aromatic N) is 1. The van der Waals surface area contributed by atoms with Gasteiger partial charge in [-0.15, -0.1) is 11.3 Å². The Labute approximate surface area is 120 Å². The fourth-order valence-electron chi connectivity index (χ4n) is 1.95. The molecule has 1 unspecified atom stereocenters. The first-order chi connectivity index (χ1) is 9.42. The number of hydrogen-bond donors (Lipinski definition) is 3. The molecule has 1 aromatic rings. The largest absolute Gasteiger partial charge is 0.476 e. The van der Waals surface area contributed by atoms with Crippen LogP contribution in [0.25, 0.3) is 0 Å². The second kappa shape index (κ2) is 5.86. The second-order valence-corrected chi connectivity index (χ2v) is 5.73. The quantitative estimate of drug-likeness (QED) is 0.747. The SMILES string of the molecule is CC(NC(=O)C1(N)CCOCC1)c1nc(C(=O)O)cs1. The Morgan fingerprint density at radius 2 is 2.20 bits per heavy atom. The Hall–Kier alpha value is -1.51. The molecule has 1 aliphatic heterocycles. The van der Waals surface area contributed by atoms with Crippen molar-refractivity contribution in [3.63, 3.8) is 0 Å². The summed E-state index contributed by atoms with van der Waals surface area (Å²) in [4.78, 5) is 27.0. The van der Waals surface area contributed by atoms with Crippen LogP contribution in [0.15, 0.2) is 5.38 Å². The second-order valence-electron chi connectivity index (χ2n) is 4.84. The lowest BCUT2D eigenvalue weighted by atomic mass is 9.90. The molecule has 0 aromatic carbocycles. The van der Waals surface area contributed by atoms with Crippen LogP contribution in [0.5, 0.6) is 0 Å². The van der Waals surface area contributed by atoms with Crippen molar-refractivity contribution in [3.05, 3.63) is 16.1 Å². The summed E-state index contributed by atoms with van der Waals surface area (Å²) in [6.07, 6.45) is 0.952. The maximum Gasteiger partial charge on any atom is 0.355 e. The lowest BCUT2D eigenvalue weighted by molar-refractivity contribution is -0.130. The average molecular weight is 299 g/mol. The van der Waals surface area contributed by atoms with E-state index in [4.69, 9.17) is 15.6 Å². The van der Waals surface area contributed by atoms with Crippen molar-refractivity contribution in [2.45, 2.75) is 31.3 Å². The number of ether oxygens (including phenoxy) is 1. The molecule has 1 aromatic heterocycles. The van der Waals surface area contributed by atoms with Gasteiger partial charge in [-0.2, -0.15) is 0 Å². The van der Waals surface area contributed by atoms with Crippen molar-refractivity contribution in [1.82, 2.24) is 10.3 Å². The van der Waals surface area contributed by atoms with E-state index in [-0.39, 0.29) is 17.6 Å². The van der Waals surface area contributed by atoms with E-state index in [9.17, 15) is 9.59 Å². The Bertz CT molecular complexity index is 511. The summed E-state index contributed by atoms with van der Waals surface area (Å²) in [6.45, 7) is 2.70. The highest BCUT2D eigenvalue weighted by atomic mass is 32.1. The van der Waals surface area contributed by atoms with Crippen LogP contribution in [-0.2, 0) is 9.53 Å². The lowest BCUT2D eigenvalue weighted by Crippen LogP contribution is -2.57. The van der Waals surface area contributed by atoms with Gasteiger partial charge in [0.15, 0.2) is 5.69 Å². The van der Waals surface area contributed by atoms with Gasteiger partial charge in [0.05, 0.1) is 11.6 Å². The van der Waals surface area contributed by atoms with Crippen LogP contribution in [0.4, 0.5) is 0 Å². The molecule has 1 amide bonds. The van der Waals surface area contributed by atoms with Crippen LogP contribution in [-0.4, -0.2) is 40.7 Å². The van der Waals surface area contributed by atoms with Gasteiger partial charge in [0.25, 0.3) is 0 Å². The van der Waals surface area contributed by atoms with Gasteiger partial charge in [0.1, 0.15) is 5.01 Å². The first kappa shape index (κ1) is 14.9. The summed E-state index contributed by atoms with van der Waals surface area (Å²) >= 11 is 1.20. The fourth-order valence-corrected chi connectivity index (χ4v) is 2.75. The maximum absolute atomic E-state index is 12.2. The highest BCUT2D eigenvalue weighted by Gasteiger charge is 2.36. The van der Waals surface area contributed by atoms with Gasteiger partial charge < -0.3 is 20.9 Å². The van der Waals surface area contributed by atoms with Gasteiger partial charge in [-0.1, -0.05) is 0 Å². The summed E-state index contributed by atoms with van der Waals surface area (Å²) < 4.78 is 5.20. The highest BCUT2D eigenvalue weighted by Crippen LogP contribution is 2.22. The number of hydrogen-bond acceptors (Lipinski definition) is 6. The molecule has 0 bridgehead atoms. The molecule has 1 fully saturated rings. The van der Waals surface area contributed by atoms with E-state index >= 15 is 0 Å². The van der Waals surface area contributed by atoms with Crippen LogP contribution < -0.4 is 11.1 Å². The van der Waals surface area contributed by atoms with Crippen LogP contribution in [0.3, 0.4) is 0 Å². The number of aromatic nitrogens is 1. The third-order valence-electron chi connectivity index (χ3n) is 3.30. The zero-order valence-electron chi connectivity index (χ0n) is 11.1. The summed E-state index contributed by atoms with van der Waals surface area (Å²) in [5, 5.41) is 13.6. The fraction of sp³-hybridized carbons (Fsp3) is 0.583. The van der Waals surface area contributed by atoms with E-state index in [0.717, 1.165) is 0 Å². The normalized spacial score (nSPS) is 19.3. The van der Waals surface area contributed by atoms with E-state index < -0.39 is 11.5 Å². The van der Waals surface area contributed by atoms with Crippen LogP contribution in [0, 0.1) is 0 Å². The van der Waals surface area contributed by atoms with Crippen molar-refractivity contribution in [3.8, 4) is 0 Å². The number of carbonyl (C=O) groups excluding carboxylic acids is 1. The van der Waals surface area contributed by atoms with Crippen molar-refractivity contribution >= 4 is 23.2 Å². The average Bonchev–Trinajstić information content (AvgIpc) is 2.89. The highest BCUT2D eigenvalue weighted by molar-refractivity contribution is 7.09. The number of thiazole rings is 1. The van der Waals surface area contributed by atoms with E-state index in [1.54, 1.807) is 6.92 Å². The third kappa shape index (κ3) is 3.14. The Kier molecular flexibility index (Phi) is 4.36. The number of nitrogens with two attached hydrogens (primary N) is 1. The molecule has 2 heterocycles. The standard InChI is InChI=1S/C12H17N3O4S/c1-7(9-15-8(6-20-9)10(16)17)14-11(18)12(13)2-4-19-5-3-12/h6-7H,2-5,13H2,1H3,(H,14,18)(H,16,17). The Morgan fingerprint density at radius 3 is 2.75 bits per heavy atom. The predicted molar refractivity (Wildman–Crippen MR) is 72.6 cm³/mol. The summed E-state index contributed by atoms with van der Waals surface area (Å²) in [5.74, 6) is -1.33. The van der Waals surface area contributed by atoms with Crippen molar-refractivity contribution in [2.24, 2.45) is 5.73 Å². The smallest absolute Gasteiger partial charge is 0.355 e. The summed E-state index contributed by atoms with van der Waals surface area (Å²) in [7, 11) is 0. The molecule has 20 heavy (non-hydrogen) atoms. The van der Waals surface area contributed by atoms with Crippen LogP contribution in [0.2, 0.25) is 0 Å². The molecule has 0 aliphatic carbocycles. The predicted octanol–water partition coefficient (Wildman–Crippen LogP) is 0.526. The third-order valence-corrected chi connectivity index (χ3v) is 4.32. The number of carbonyl (C=O) groups is 2. The van der Waals surface area contributed by atoms with Gasteiger partial charge in [-0.3, -0.25) is 4.79 Å². The van der Waals surface area contributed by atoms with Gasteiger partial charge >= 0.3 is 5.97 Å². The molecule has 110 valence electrons. The minimum absolute atomic E-state index is 0.0142. The zero-order valence-corrected chi connectivity index (χ0v) is 11.9. The minimum Gasteiger partial charge on any atom is -0.476 e. The van der Waals surface area contributed by atoms with Crippen LogP contribution in [0.1, 0.15) is 41.3 Å². The monoisotopic (exact) mass is 299 g/mol. The van der Waals surface area contributed by atoms with Crippen molar-refractivity contribution in [1.29, 1.82) is 0 Å². The number of rotatable bonds is 4. The topological polar surface area (TPSA) is 115 Å². The molecule has 2 rings (SSSR count). The molecule has 1 atom stereocenters. The van der Waals surface area contributed by atoms with Gasteiger partial charge in [0.2, 0.25) is 5.91 Å². The summed E-state index contributed by atoms with van der Waals surface area (Å²) in [6, 6.07) is -0.371. The summed E-state index contributed by atoms with van der Waals surface area (Å²) in [5.41, 5.74) is 5.15. The van der Waals surface area contributed by atoms with Crippen molar-refractivity contribution < 1.29 is 19.4 Å². The number of aromatic carboxylic acids is 1. The Morgan fingerprint density at radius 1 is 1.55 bits per heavy atom. The van der Waals surface area contributed by atoms with Crippen molar-refractivity contribution in [2.75, 3.05) is 13.2 Å². The van der Waals surface area contributed by atoms with E-state index in [0.29, 0.717) is 31.1 Å². The zero-order chi connectivity index (χ0) is 14.8. The Balaban J connectivity index is 2.01. The molecule has 0 spiro atoms. The first-order valence-corrected chi connectivity index (χ1v) is 7.17. The number of amides is 1. The van der Waals surface area contributed by atoms with E-state index in [1.165, 1.54) is 16.7 Å². The van der Waals surface area contributed by atoms with Crippen LogP contribution >= 0.6 is 11.3 Å². The molecular weight excluding hydrogens is 282 g/mol. The molecular formula is C12H17N3O4S. The molecule has 7 nitrogen and oxygen atoms in total. The minimum atomic E-state index is -1.08.